The molecule has 2 aromatic heterocycles. The van der Waals surface area contributed by atoms with Crippen LogP contribution in [0, 0.1) is 0 Å². The Morgan fingerprint density at radius 2 is 1.20 bits per heavy atom. The van der Waals surface area contributed by atoms with E-state index < -0.39 is 0 Å². The minimum atomic E-state index is -0.119. The summed E-state index contributed by atoms with van der Waals surface area (Å²) < 4.78 is 35.8. The molecule has 2 heterocycles. The number of fused-ring (bicyclic) bond motifs is 4. The molecule has 0 aliphatic heterocycles. The molecule has 3 nitrogen and oxygen atoms in total. The lowest BCUT2D eigenvalue weighted by Gasteiger charge is -2.19. The smallest absolute Gasteiger partial charge is 0.149 e. The van der Waals surface area contributed by atoms with Crippen LogP contribution in [-0.2, 0) is 0 Å². The predicted molar refractivity (Wildman–Crippen MR) is 165 cm³/mol. The highest BCUT2D eigenvalue weighted by Gasteiger charge is 2.23. The Morgan fingerprint density at radius 3 is 1.95 bits per heavy atom. The summed E-state index contributed by atoms with van der Waals surface area (Å²) in [6.45, 7) is 0. The third-order valence-corrected chi connectivity index (χ3v) is 7.40. The molecule has 0 spiro atoms. The van der Waals surface area contributed by atoms with Gasteiger partial charge in [0.05, 0.1) is 26.4 Å². The topological polar surface area (TPSA) is 31.0 Å². The molecule has 0 saturated heterocycles. The lowest BCUT2D eigenvalue weighted by Crippen LogP contribution is -2.03. The maximum atomic E-state index is 9.20. The maximum absolute atomic E-state index is 9.20. The molecule has 0 atom stereocenters. The van der Waals surface area contributed by atoms with Gasteiger partial charge in [0.1, 0.15) is 17.0 Å². The molecule has 0 radical (unpaired) electrons. The number of hydrogen-bond acceptors (Lipinski definition) is 2. The van der Waals surface area contributed by atoms with Crippen LogP contribution in [0.25, 0.3) is 72.3 Å². The normalized spacial score (nSPS) is 12.6. The zero-order valence-corrected chi connectivity index (χ0v) is 21.4. The number of rotatable bonds is 4. The van der Waals surface area contributed by atoms with E-state index in [-0.39, 0.29) is 18.1 Å². The number of furan rings is 1. The minimum absolute atomic E-state index is 0.00319. The van der Waals surface area contributed by atoms with Crippen LogP contribution in [0.5, 0.6) is 0 Å². The molecule has 0 unspecified atom stereocenters. The highest BCUT2D eigenvalue weighted by atomic mass is 16.3. The summed E-state index contributed by atoms with van der Waals surface area (Å²) in [7, 11) is 0. The van der Waals surface area contributed by atoms with E-state index in [4.69, 9.17) is 10.8 Å². The summed E-state index contributed by atoms with van der Waals surface area (Å²) in [5, 5.41) is 2.01. The first-order chi connectivity index (χ1) is 21.1. The molecule has 6 aromatic carbocycles. The molecule has 0 aliphatic carbocycles. The van der Waals surface area contributed by atoms with E-state index in [9.17, 15) is 2.74 Å². The molecule has 188 valence electrons. The molecular weight excluding hydrogens is 488 g/mol. The van der Waals surface area contributed by atoms with Crippen molar-refractivity contribution in [1.82, 2.24) is 9.55 Å². The summed E-state index contributed by atoms with van der Waals surface area (Å²) in [4.78, 5) is 5.16. The van der Waals surface area contributed by atoms with E-state index in [1.165, 1.54) is 0 Å². The zero-order chi connectivity index (χ0) is 29.1. The molecule has 0 fully saturated rings. The van der Waals surface area contributed by atoms with Gasteiger partial charge in [-0.05, 0) is 35.4 Å². The number of para-hydroxylation sites is 5. The monoisotopic (exact) mass is 515 g/mol. The van der Waals surface area contributed by atoms with Crippen LogP contribution < -0.4 is 0 Å². The minimum Gasteiger partial charge on any atom is -0.455 e. The molecule has 0 bridgehead atoms. The van der Waals surface area contributed by atoms with Gasteiger partial charge in [-0.15, -0.1) is 0 Å². The van der Waals surface area contributed by atoms with Crippen LogP contribution in [0.4, 0.5) is 0 Å². The summed E-state index contributed by atoms with van der Waals surface area (Å²) in [6, 6.07) is 41.3. The van der Waals surface area contributed by atoms with E-state index in [1.807, 2.05) is 115 Å². The van der Waals surface area contributed by atoms with Crippen molar-refractivity contribution in [3.63, 3.8) is 0 Å². The van der Waals surface area contributed by atoms with Gasteiger partial charge in [0, 0.05) is 21.9 Å². The van der Waals surface area contributed by atoms with Crippen LogP contribution in [0.3, 0.4) is 0 Å². The second-order valence-electron chi connectivity index (χ2n) is 9.75. The molecule has 8 rings (SSSR count). The Labute approximate surface area is 235 Å². The lowest BCUT2D eigenvalue weighted by atomic mass is 9.95. The molecule has 3 heteroatoms. The van der Waals surface area contributed by atoms with Gasteiger partial charge in [0.15, 0.2) is 0 Å². The SMILES string of the molecule is [2H]c1c([2H])c(-c2ccccc2)c(-n2c(-c3cccc4c3oc3ccccc34)nc3ccccc32)c(-c2ccccc2)c1[2H]. The lowest BCUT2D eigenvalue weighted by molar-refractivity contribution is 0.669. The van der Waals surface area contributed by atoms with Gasteiger partial charge in [0.2, 0.25) is 0 Å². The highest BCUT2D eigenvalue weighted by Crippen LogP contribution is 2.42. The molecule has 0 aliphatic rings. The van der Waals surface area contributed by atoms with Crippen molar-refractivity contribution in [2.45, 2.75) is 0 Å². The van der Waals surface area contributed by atoms with Crippen molar-refractivity contribution < 1.29 is 8.53 Å². The summed E-state index contributed by atoms with van der Waals surface area (Å²) in [5.41, 5.74) is 7.28. The van der Waals surface area contributed by atoms with E-state index in [0.29, 0.717) is 22.6 Å². The van der Waals surface area contributed by atoms with Crippen LogP contribution in [-0.4, -0.2) is 9.55 Å². The first kappa shape index (κ1) is 19.6. The Hall–Kier alpha value is -5.41. The van der Waals surface area contributed by atoms with E-state index >= 15 is 0 Å². The average Bonchev–Trinajstić information content (AvgIpc) is 3.63. The number of nitrogens with zero attached hydrogens (tertiary/aromatic N) is 2. The van der Waals surface area contributed by atoms with Crippen molar-refractivity contribution in [3.8, 4) is 39.3 Å². The van der Waals surface area contributed by atoms with Crippen LogP contribution in [0.15, 0.2) is 150 Å². The number of hydrogen-bond donors (Lipinski definition) is 0. The van der Waals surface area contributed by atoms with Crippen molar-refractivity contribution in [3.05, 3.63) is 146 Å². The maximum Gasteiger partial charge on any atom is 0.149 e. The molecule has 0 saturated carbocycles. The second kappa shape index (κ2) is 9.11. The molecule has 40 heavy (non-hydrogen) atoms. The van der Waals surface area contributed by atoms with E-state index in [0.717, 1.165) is 49.7 Å². The van der Waals surface area contributed by atoms with Crippen molar-refractivity contribution in [2.75, 3.05) is 0 Å². The first-order valence-electron chi connectivity index (χ1n) is 14.7. The quantitative estimate of drug-likeness (QED) is 0.233. The van der Waals surface area contributed by atoms with Gasteiger partial charge in [-0.2, -0.15) is 0 Å². The Morgan fingerprint density at radius 1 is 0.575 bits per heavy atom. The summed E-state index contributed by atoms with van der Waals surface area (Å²) in [6.07, 6.45) is 0. The average molecular weight is 516 g/mol. The Balaban J connectivity index is 1.58. The van der Waals surface area contributed by atoms with Gasteiger partial charge >= 0.3 is 0 Å². The number of imidazole rings is 1. The summed E-state index contributed by atoms with van der Waals surface area (Å²) >= 11 is 0. The van der Waals surface area contributed by atoms with Crippen molar-refractivity contribution >= 4 is 33.0 Å². The van der Waals surface area contributed by atoms with Crippen molar-refractivity contribution in [1.29, 1.82) is 0 Å². The Kier molecular flexibility index (Phi) is 4.47. The molecule has 0 amide bonds. The largest absolute Gasteiger partial charge is 0.455 e. The second-order valence-corrected chi connectivity index (χ2v) is 9.75. The number of benzene rings is 6. The molecular formula is C37H24N2O. The van der Waals surface area contributed by atoms with Crippen molar-refractivity contribution in [2.24, 2.45) is 0 Å². The molecule has 8 aromatic rings. The number of aromatic nitrogens is 2. The van der Waals surface area contributed by atoms with Crippen LogP contribution >= 0.6 is 0 Å². The zero-order valence-electron chi connectivity index (χ0n) is 24.4. The molecule has 0 N–H and O–H groups in total. The third-order valence-electron chi connectivity index (χ3n) is 7.40. The fourth-order valence-corrected chi connectivity index (χ4v) is 5.61. The van der Waals surface area contributed by atoms with Gasteiger partial charge in [-0.25, -0.2) is 4.98 Å². The standard InChI is InChI=1S/C37H24N2O/c1-3-13-25(14-4-1)27-18-11-19-28(26-15-5-2-6-16-26)35(27)39-33-23-9-8-22-32(33)38-37(39)31-21-12-20-30-29-17-7-10-24-34(29)40-36(30)31/h1-24H/i11D,18D,19D. The van der Waals surface area contributed by atoms with Crippen LogP contribution in [0.1, 0.15) is 4.11 Å². The predicted octanol–water partition coefficient (Wildman–Crippen LogP) is 9.93. The van der Waals surface area contributed by atoms with Crippen LogP contribution in [0.2, 0.25) is 0 Å². The van der Waals surface area contributed by atoms with E-state index in [2.05, 4.69) is 16.7 Å². The first-order valence-corrected chi connectivity index (χ1v) is 13.2. The highest BCUT2D eigenvalue weighted by molar-refractivity contribution is 6.09. The van der Waals surface area contributed by atoms with Gasteiger partial charge in [0.25, 0.3) is 0 Å². The fraction of sp³-hybridized carbons (Fsp3) is 0. The van der Waals surface area contributed by atoms with Gasteiger partial charge in [-0.3, -0.25) is 4.57 Å². The van der Waals surface area contributed by atoms with E-state index in [1.54, 1.807) is 0 Å². The third kappa shape index (κ3) is 3.49. The Bertz CT molecular complexity index is 2260. The van der Waals surface area contributed by atoms with Gasteiger partial charge in [-0.1, -0.05) is 121 Å². The van der Waals surface area contributed by atoms with Gasteiger partial charge < -0.3 is 4.42 Å². The summed E-state index contributed by atoms with van der Waals surface area (Å²) in [5.74, 6) is 0.636. The fourth-order valence-electron chi connectivity index (χ4n) is 5.61.